The molecule has 2 amide bonds. The number of rotatable bonds is 5. The highest BCUT2D eigenvalue weighted by Crippen LogP contribution is 2.22. The molecule has 2 aromatic carbocycles. The third kappa shape index (κ3) is 5.11. The van der Waals surface area contributed by atoms with E-state index in [2.05, 4.69) is 5.32 Å². The van der Waals surface area contributed by atoms with Crippen molar-refractivity contribution in [1.82, 2.24) is 5.32 Å². The van der Waals surface area contributed by atoms with Gasteiger partial charge in [-0.05, 0) is 29.8 Å². The van der Waals surface area contributed by atoms with Gasteiger partial charge in [-0.2, -0.15) is 0 Å². The highest BCUT2D eigenvalue weighted by Gasteiger charge is 2.15. The minimum atomic E-state index is -1.69. The third-order valence-corrected chi connectivity index (χ3v) is 3.84. The molecule has 9 heteroatoms. The minimum Gasteiger partial charge on any atom is -0.347 e. The second-order valence-electron chi connectivity index (χ2n) is 4.97. The fraction of sp³-hybridized carbons (Fsp3) is 0.125. The van der Waals surface area contributed by atoms with E-state index < -0.39 is 41.5 Å². The van der Waals surface area contributed by atoms with Gasteiger partial charge in [0.1, 0.15) is 0 Å². The lowest BCUT2D eigenvalue weighted by Crippen LogP contribution is -2.34. The topological polar surface area (TPSA) is 58.2 Å². The van der Waals surface area contributed by atoms with Crippen LogP contribution in [0.3, 0.4) is 0 Å². The molecule has 0 atom stereocenters. The Bertz CT molecular complexity index is 831. The molecule has 0 radical (unpaired) electrons. The molecule has 2 rings (SSSR count). The molecule has 0 aromatic heterocycles. The summed E-state index contributed by atoms with van der Waals surface area (Å²) in [6, 6.07) is 6.20. The summed E-state index contributed by atoms with van der Waals surface area (Å²) < 4.78 is 39.3. The fourth-order valence-corrected chi connectivity index (χ4v) is 2.21. The summed E-state index contributed by atoms with van der Waals surface area (Å²) in [5.41, 5.74) is 0.0570. The lowest BCUT2D eigenvalue weighted by molar-refractivity contribution is -0.123. The number of amides is 2. The lowest BCUT2D eigenvalue weighted by Gasteiger charge is -2.09. The standard InChI is InChI=1S/C16H11Cl2F3N2O2/c17-9-2-1-8(5-10(9)18)6-13(24)22-7-14(25)23-12-4-3-11(19)15(20)16(12)21/h1-5H,6-7H2,(H,22,24)(H,23,25). The Morgan fingerprint density at radius 3 is 2.32 bits per heavy atom. The van der Waals surface area contributed by atoms with Crippen LogP contribution in [0.4, 0.5) is 18.9 Å². The SMILES string of the molecule is O=C(Cc1ccc(Cl)c(Cl)c1)NCC(=O)Nc1ccc(F)c(F)c1F. The number of anilines is 1. The number of benzene rings is 2. The Hall–Kier alpha value is -2.25. The maximum Gasteiger partial charge on any atom is 0.243 e. The van der Waals surface area contributed by atoms with Gasteiger partial charge in [0.15, 0.2) is 17.5 Å². The molecule has 0 unspecified atom stereocenters. The average Bonchev–Trinajstić information content (AvgIpc) is 2.57. The Labute approximate surface area is 150 Å². The lowest BCUT2D eigenvalue weighted by atomic mass is 10.1. The van der Waals surface area contributed by atoms with E-state index in [1.807, 2.05) is 5.32 Å². The number of carbonyl (C=O) groups excluding carboxylic acids is 2. The summed E-state index contributed by atoms with van der Waals surface area (Å²) >= 11 is 11.6. The smallest absolute Gasteiger partial charge is 0.243 e. The van der Waals surface area contributed by atoms with E-state index in [9.17, 15) is 22.8 Å². The number of hydrogen-bond acceptors (Lipinski definition) is 2. The fourth-order valence-electron chi connectivity index (χ4n) is 1.89. The van der Waals surface area contributed by atoms with Crippen molar-refractivity contribution in [2.45, 2.75) is 6.42 Å². The van der Waals surface area contributed by atoms with Crippen molar-refractivity contribution in [1.29, 1.82) is 0 Å². The van der Waals surface area contributed by atoms with E-state index >= 15 is 0 Å². The van der Waals surface area contributed by atoms with Crippen LogP contribution in [0.5, 0.6) is 0 Å². The van der Waals surface area contributed by atoms with Crippen LogP contribution in [0.2, 0.25) is 10.0 Å². The van der Waals surface area contributed by atoms with Crippen molar-refractivity contribution < 1.29 is 22.8 Å². The number of nitrogens with one attached hydrogen (secondary N) is 2. The van der Waals surface area contributed by atoms with Crippen LogP contribution >= 0.6 is 23.2 Å². The molecule has 2 N–H and O–H groups in total. The number of halogens is 5. The molecule has 0 saturated heterocycles. The van der Waals surface area contributed by atoms with Crippen LogP contribution in [0.1, 0.15) is 5.56 Å². The molecule has 0 saturated carbocycles. The monoisotopic (exact) mass is 390 g/mol. The first-order valence-corrected chi connectivity index (χ1v) is 7.67. The molecular weight excluding hydrogens is 380 g/mol. The molecule has 0 bridgehead atoms. The van der Waals surface area contributed by atoms with Gasteiger partial charge in [-0.25, -0.2) is 13.2 Å². The number of hydrogen-bond donors (Lipinski definition) is 2. The van der Waals surface area contributed by atoms with Gasteiger partial charge in [0.25, 0.3) is 0 Å². The van der Waals surface area contributed by atoms with Crippen LogP contribution in [0.15, 0.2) is 30.3 Å². The Kier molecular flexibility index (Phi) is 6.27. The molecule has 0 aliphatic carbocycles. The summed E-state index contributed by atoms with van der Waals surface area (Å²) in [5, 5.41) is 4.99. The van der Waals surface area contributed by atoms with Crippen molar-refractivity contribution in [3.8, 4) is 0 Å². The highest BCUT2D eigenvalue weighted by atomic mass is 35.5. The minimum absolute atomic E-state index is 0.0519. The van der Waals surface area contributed by atoms with E-state index in [1.54, 1.807) is 6.07 Å². The summed E-state index contributed by atoms with van der Waals surface area (Å²) in [5.74, 6) is -5.87. The van der Waals surface area contributed by atoms with Gasteiger partial charge in [0, 0.05) is 0 Å². The summed E-state index contributed by atoms with van der Waals surface area (Å²) in [4.78, 5) is 23.4. The zero-order valence-electron chi connectivity index (χ0n) is 12.5. The first-order valence-electron chi connectivity index (χ1n) is 6.92. The normalized spacial score (nSPS) is 10.4. The third-order valence-electron chi connectivity index (χ3n) is 3.10. The highest BCUT2D eigenvalue weighted by molar-refractivity contribution is 6.42. The van der Waals surface area contributed by atoms with Crippen molar-refractivity contribution in [3.63, 3.8) is 0 Å². The van der Waals surface area contributed by atoms with Gasteiger partial charge in [-0.3, -0.25) is 9.59 Å². The molecular formula is C16H11Cl2F3N2O2. The van der Waals surface area contributed by atoms with E-state index in [1.165, 1.54) is 12.1 Å². The largest absolute Gasteiger partial charge is 0.347 e. The second-order valence-corrected chi connectivity index (χ2v) is 5.79. The second kappa shape index (κ2) is 8.22. The van der Waals surface area contributed by atoms with Gasteiger partial charge in [-0.15, -0.1) is 0 Å². The van der Waals surface area contributed by atoms with Gasteiger partial charge in [0.2, 0.25) is 11.8 Å². The zero-order chi connectivity index (χ0) is 18.6. The van der Waals surface area contributed by atoms with Gasteiger partial charge < -0.3 is 10.6 Å². The molecule has 0 spiro atoms. The van der Waals surface area contributed by atoms with Crippen LogP contribution in [0.25, 0.3) is 0 Å². The van der Waals surface area contributed by atoms with Crippen LogP contribution in [0, 0.1) is 17.5 Å². The first-order chi connectivity index (χ1) is 11.8. The zero-order valence-corrected chi connectivity index (χ0v) is 14.0. The van der Waals surface area contributed by atoms with Crippen LogP contribution in [-0.2, 0) is 16.0 Å². The Morgan fingerprint density at radius 1 is 0.920 bits per heavy atom. The molecule has 4 nitrogen and oxygen atoms in total. The Balaban J connectivity index is 1.88. The quantitative estimate of drug-likeness (QED) is 0.764. The molecule has 0 aliphatic heterocycles. The summed E-state index contributed by atoms with van der Waals surface area (Å²) in [6.07, 6.45) is -0.0519. The number of carbonyl (C=O) groups is 2. The molecule has 0 fully saturated rings. The summed E-state index contributed by atoms with van der Waals surface area (Å²) in [6.45, 7) is -0.474. The molecule has 2 aromatic rings. The average molecular weight is 391 g/mol. The van der Waals surface area contributed by atoms with E-state index in [0.717, 1.165) is 6.07 Å². The van der Waals surface area contributed by atoms with Gasteiger partial charge in [0.05, 0.1) is 28.7 Å². The van der Waals surface area contributed by atoms with E-state index in [0.29, 0.717) is 21.7 Å². The van der Waals surface area contributed by atoms with Crippen molar-refractivity contribution in [2.75, 3.05) is 11.9 Å². The van der Waals surface area contributed by atoms with Crippen LogP contribution < -0.4 is 10.6 Å². The van der Waals surface area contributed by atoms with Crippen LogP contribution in [-0.4, -0.2) is 18.4 Å². The molecule has 0 aliphatic rings. The maximum absolute atomic E-state index is 13.4. The van der Waals surface area contributed by atoms with Gasteiger partial charge >= 0.3 is 0 Å². The predicted octanol–water partition coefficient (Wildman–Crippen LogP) is 3.71. The maximum atomic E-state index is 13.4. The van der Waals surface area contributed by atoms with Crippen molar-refractivity contribution >= 4 is 40.7 Å². The van der Waals surface area contributed by atoms with E-state index in [4.69, 9.17) is 23.2 Å². The first kappa shape index (κ1) is 19.1. The van der Waals surface area contributed by atoms with Crippen molar-refractivity contribution in [2.24, 2.45) is 0 Å². The molecule has 0 heterocycles. The summed E-state index contributed by atoms with van der Waals surface area (Å²) in [7, 11) is 0. The molecule has 132 valence electrons. The predicted molar refractivity (Wildman–Crippen MR) is 88.1 cm³/mol. The van der Waals surface area contributed by atoms with Crippen molar-refractivity contribution in [3.05, 3.63) is 63.4 Å². The van der Waals surface area contributed by atoms with E-state index in [-0.39, 0.29) is 6.42 Å². The van der Waals surface area contributed by atoms with Gasteiger partial charge in [-0.1, -0.05) is 29.3 Å². The molecule has 25 heavy (non-hydrogen) atoms. The Morgan fingerprint density at radius 2 is 1.64 bits per heavy atom.